The Morgan fingerprint density at radius 1 is 1.33 bits per heavy atom. The number of amides is 1. The minimum Gasteiger partial charge on any atom is -0.482 e. The highest BCUT2D eigenvalue weighted by atomic mass is 16.5. The van der Waals surface area contributed by atoms with E-state index in [4.69, 9.17) is 9.84 Å². The number of hydrogen-bond acceptors (Lipinski definition) is 3. The van der Waals surface area contributed by atoms with Crippen LogP contribution < -0.4 is 10.1 Å². The maximum atomic E-state index is 12.5. The quantitative estimate of drug-likeness (QED) is 0.835. The molecule has 1 aliphatic carbocycles. The highest BCUT2D eigenvalue weighted by Gasteiger charge is 2.32. The third-order valence-electron chi connectivity index (χ3n) is 4.68. The van der Waals surface area contributed by atoms with Gasteiger partial charge >= 0.3 is 5.97 Å². The first-order valence-corrected chi connectivity index (χ1v) is 8.52. The molecule has 1 saturated carbocycles. The molecule has 1 aromatic carbocycles. The lowest BCUT2D eigenvalue weighted by molar-refractivity contribution is -0.139. The largest absolute Gasteiger partial charge is 0.482 e. The van der Waals surface area contributed by atoms with Crippen LogP contribution in [0.5, 0.6) is 5.75 Å². The average Bonchev–Trinajstić information content (AvgIpc) is 2.52. The number of hydrogen-bond donors (Lipinski definition) is 2. The summed E-state index contributed by atoms with van der Waals surface area (Å²) >= 11 is 0. The van der Waals surface area contributed by atoms with E-state index in [0.717, 1.165) is 24.8 Å². The first-order valence-electron chi connectivity index (χ1n) is 8.52. The van der Waals surface area contributed by atoms with Crippen LogP contribution in [0.2, 0.25) is 0 Å². The first kappa shape index (κ1) is 18.3. The Morgan fingerprint density at radius 2 is 2.00 bits per heavy atom. The van der Waals surface area contributed by atoms with E-state index in [2.05, 4.69) is 19.2 Å². The van der Waals surface area contributed by atoms with E-state index in [1.807, 2.05) is 19.1 Å². The highest BCUT2D eigenvalue weighted by Crippen LogP contribution is 2.38. The Balaban J connectivity index is 1.90. The minimum atomic E-state index is -1.00. The molecule has 0 bridgehead atoms. The third kappa shape index (κ3) is 5.25. The summed E-state index contributed by atoms with van der Waals surface area (Å²) < 4.78 is 5.11. The van der Waals surface area contributed by atoms with E-state index >= 15 is 0 Å². The zero-order valence-corrected chi connectivity index (χ0v) is 14.7. The fraction of sp³-hybridized carbons (Fsp3) is 0.579. The van der Waals surface area contributed by atoms with Gasteiger partial charge in [-0.15, -0.1) is 0 Å². The van der Waals surface area contributed by atoms with Crippen LogP contribution in [0.3, 0.4) is 0 Å². The smallest absolute Gasteiger partial charge is 0.341 e. The Morgan fingerprint density at radius 3 is 2.58 bits per heavy atom. The number of carboxylic acid groups (broad SMARTS) is 1. The maximum absolute atomic E-state index is 12.5. The summed E-state index contributed by atoms with van der Waals surface area (Å²) in [5, 5.41) is 11.7. The van der Waals surface area contributed by atoms with Gasteiger partial charge in [0.05, 0.1) is 6.04 Å². The Labute approximate surface area is 143 Å². The summed E-state index contributed by atoms with van der Waals surface area (Å²) in [6, 6.07) is 7.07. The number of aliphatic carboxylic acids is 1. The van der Waals surface area contributed by atoms with Crippen molar-refractivity contribution in [2.75, 3.05) is 6.61 Å². The predicted molar refractivity (Wildman–Crippen MR) is 91.9 cm³/mol. The molecule has 1 fully saturated rings. The van der Waals surface area contributed by atoms with Crippen LogP contribution in [0.1, 0.15) is 58.1 Å². The molecular formula is C19H27NO4. The van der Waals surface area contributed by atoms with Gasteiger partial charge in [-0.1, -0.05) is 32.4 Å². The zero-order valence-electron chi connectivity index (χ0n) is 14.7. The Hall–Kier alpha value is -2.04. The number of nitrogens with one attached hydrogen (secondary N) is 1. The van der Waals surface area contributed by atoms with Gasteiger partial charge in [-0.2, -0.15) is 0 Å². The van der Waals surface area contributed by atoms with Crippen LogP contribution in [-0.2, 0) is 9.59 Å². The molecule has 5 nitrogen and oxygen atoms in total. The Bertz CT molecular complexity index is 580. The van der Waals surface area contributed by atoms with E-state index in [-0.39, 0.29) is 29.9 Å². The molecule has 0 aromatic heterocycles. The summed E-state index contributed by atoms with van der Waals surface area (Å²) in [6.07, 6.45) is 4.19. The molecular weight excluding hydrogens is 306 g/mol. The second-order valence-corrected chi connectivity index (χ2v) is 7.44. The molecule has 0 heterocycles. The first-order chi connectivity index (χ1) is 11.3. The molecule has 2 atom stereocenters. The van der Waals surface area contributed by atoms with Crippen molar-refractivity contribution in [3.63, 3.8) is 0 Å². The normalized spacial score (nSPS) is 20.9. The van der Waals surface area contributed by atoms with Crippen LogP contribution in [0.4, 0.5) is 0 Å². The topological polar surface area (TPSA) is 75.6 Å². The summed E-state index contributed by atoms with van der Waals surface area (Å²) in [5.41, 5.74) is 1.22. The molecule has 2 rings (SSSR count). The van der Waals surface area contributed by atoms with Gasteiger partial charge < -0.3 is 15.2 Å². The van der Waals surface area contributed by atoms with Gasteiger partial charge in [0.1, 0.15) is 5.75 Å². The molecule has 2 unspecified atom stereocenters. The molecule has 1 aromatic rings. The van der Waals surface area contributed by atoms with Crippen LogP contribution in [-0.4, -0.2) is 23.6 Å². The summed E-state index contributed by atoms with van der Waals surface area (Å²) in [6.45, 7) is 6.06. The van der Waals surface area contributed by atoms with Crippen molar-refractivity contribution in [3.8, 4) is 5.75 Å². The maximum Gasteiger partial charge on any atom is 0.341 e. The van der Waals surface area contributed by atoms with Gasteiger partial charge in [0, 0.05) is 5.92 Å². The van der Waals surface area contributed by atoms with E-state index in [0.29, 0.717) is 5.75 Å². The summed E-state index contributed by atoms with van der Waals surface area (Å²) in [4.78, 5) is 23.0. The molecule has 0 spiro atoms. The molecule has 1 amide bonds. The van der Waals surface area contributed by atoms with Crippen LogP contribution in [0.15, 0.2) is 24.3 Å². The van der Waals surface area contributed by atoms with Crippen LogP contribution in [0, 0.1) is 11.3 Å². The molecule has 1 aliphatic rings. The molecule has 0 saturated heterocycles. The lowest BCUT2D eigenvalue weighted by atomic mass is 9.72. The molecule has 0 radical (unpaired) electrons. The second kappa shape index (κ2) is 7.69. The predicted octanol–water partition coefficient (Wildman–Crippen LogP) is 3.54. The van der Waals surface area contributed by atoms with Gasteiger partial charge in [0.2, 0.25) is 5.91 Å². The van der Waals surface area contributed by atoms with Crippen molar-refractivity contribution in [1.29, 1.82) is 0 Å². The van der Waals surface area contributed by atoms with E-state index in [1.165, 1.54) is 6.42 Å². The van der Waals surface area contributed by atoms with E-state index in [1.54, 1.807) is 12.1 Å². The minimum absolute atomic E-state index is 0.0870. The SMILES string of the molecule is CC(NC(=O)C1CCCC(C)(C)C1)c1ccc(OCC(=O)O)cc1. The van der Waals surface area contributed by atoms with Crippen molar-refractivity contribution in [2.45, 2.75) is 52.5 Å². The number of rotatable bonds is 6. The zero-order chi connectivity index (χ0) is 17.7. The number of benzene rings is 1. The fourth-order valence-electron chi connectivity index (χ4n) is 3.33. The van der Waals surface area contributed by atoms with Crippen LogP contribution in [0.25, 0.3) is 0 Å². The van der Waals surface area contributed by atoms with Crippen LogP contribution >= 0.6 is 0 Å². The van der Waals surface area contributed by atoms with Gasteiger partial charge in [-0.25, -0.2) is 4.79 Å². The second-order valence-electron chi connectivity index (χ2n) is 7.44. The van der Waals surface area contributed by atoms with Gasteiger partial charge in [-0.3, -0.25) is 4.79 Å². The summed E-state index contributed by atoms with van der Waals surface area (Å²) in [7, 11) is 0. The molecule has 5 heteroatoms. The lowest BCUT2D eigenvalue weighted by Crippen LogP contribution is -2.37. The lowest BCUT2D eigenvalue weighted by Gasteiger charge is -2.35. The van der Waals surface area contributed by atoms with Gasteiger partial charge in [0.15, 0.2) is 6.61 Å². The van der Waals surface area contributed by atoms with Crippen molar-refractivity contribution in [2.24, 2.45) is 11.3 Å². The fourth-order valence-corrected chi connectivity index (χ4v) is 3.33. The van der Waals surface area contributed by atoms with Crippen molar-refractivity contribution >= 4 is 11.9 Å². The number of carboxylic acids is 1. The number of ether oxygens (including phenoxy) is 1. The number of carbonyl (C=O) groups excluding carboxylic acids is 1. The average molecular weight is 333 g/mol. The molecule has 0 aliphatic heterocycles. The molecule has 2 N–H and O–H groups in total. The molecule has 132 valence electrons. The van der Waals surface area contributed by atoms with Crippen molar-refractivity contribution in [3.05, 3.63) is 29.8 Å². The van der Waals surface area contributed by atoms with E-state index < -0.39 is 5.97 Å². The van der Waals surface area contributed by atoms with Gasteiger partial charge in [-0.05, 0) is 49.3 Å². The highest BCUT2D eigenvalue weighted by molar-refractivity contribution is 5.79. The number of carbonyl (C=O) groups is 2. The third-order valence-corrected chi connectivity index (χ3v) is 4.68. The molecule has 24 heavy (non-hydrogen) atoms. The van der Waals surface area contributed by atoms with Crippen molar-refractivity contribution in [1.82, 2.24) is 5.32 Å². The summed E-state index contributed by atoms with van der Waals surface area (Å²) in [5.74, 6) is -0.278. The van der Waals surface area contributed by atoms with Gasteiger partial charge in [0.25, 0.3) is 0 Å². The standard InChI is InChI=1S/C19H27NO4/c1-13(14-6-8-16(9-7-14)24-12-17(21)22)20-18(23)15-5-4-10-19(2,3)11-15/h6-9,13,15H,4-5,10-12H2,1-3H3,(H,20,23)(H,21,22). The van der Waals surface area contributed by atoms with Crippen molar-refractivity contribution < 1.29 is 19.4 Å². The Kier molecular flexibility index (Phi) is 5.86. The monoisotopic (exact) mass is 333 g/mol. The van der Waals surface area contributed by atoms with E-state index in [9.17, 15) is 9.59 Å².